The summed E-state index contributed by atoms with van der Waals surface area (Å²) in [7, 11) is 0. The van der Waals surface area contributed by atoms with Gasteiger partial charge in [0.2, 0.25) is 5.91 Å². The largest absolute Gasteiger partial charge is 0.457 e. The van der Waals surface area contributed by atoms with E-state index in [1.165, 1.54) is 6.08 Å². The molecule has 1 amide bonds. The van der Waals surface area contributed by atoms with Gasteiger partial charge in [0.05, 0.1) is 0 Å². The van der Waals surface area contributed by atoms with Crippen LogP contribution in [0.1, 0.15) is 11.3 Å². The molecule has 0 fully saturated rings. The summed E-state index contributed by atoms with van der Waals surface area (Å²) in [6.07, 6.45) is 3.14. The zero-order chi connectivity index (χ0) is 14.7. The SMILES string of the molecule is Cc1ccc(NC(=O)/C=C/c2cc3ccccc3o2)cc1. The molecule has 1 N–H and O–H groups in total. The first kappa shape index (κ1) is 13.2. The van der Waals surface area contributed by atoms with Crippen LogP contribution >= 0.6 is 0 Å². The number of furan rings is 1. The normalized spacial score (nSPS) is 11.1. The summed E-state index contributed by atoms with van der Waals surface area (Å²) in [4.78, 5) is 11.8. The lowest BCUT2D eigenvalue weighted by Gasteiger charge is -2.01. The van der Waals surface area contributed by atoms with Crippen molar-refractivity contribution in [3.63, 3.8) is 0 Å². The Morgan fingerprint density at radius 3 is 2.62 bits per heavy atom. The van der Waals surface area contributed by atoms with E-state index < -0.39 is 0 Å². The number of carbonyl (C=O) groups excluding carboxylic acids is 1. The van der Waals surface area contributed by atoms with Gasteiger partial charge >= 0.3 is 0 Å². The van der Waals surface area contributed by atoms with Crippen LogP contribution in [0, 0.1) is 6.92 Å². The van der Waals surface area contributed by atoms with Gasteiger partial charge in [-0.05, 0) is 37.3 Å². The molecule has 3 heteroatoms. The lowest BCUT2D eigenvalue weighted by Crippen LogP contribution is -2.07. The van der Waals surface area contributed by atoms with Gasteiger partial charge in [-0.25, -0.2) is 0 Å². The number of hydrogen-bond acceptors (Lipinski definition) is 2. The molecule has 104 valence electrons. The Bertz CT molecular complexity index is 764. The topological polar surface area (TPSA) is 42.2 Å². The van der Waals surface area contributed by atoms with Crippen molar-refractivity contribution in [3.05, 3.63) is 72.0 Å². The molecule has 0 saturated carbocycles. The van der Waals surface area contributed by atoms with E-state index in [9.17, 15) is 4.79 Å². The second-order valence-corrected chi connectivity index (χ2v) is 4.88. The Hall–Kier alpha value is -2.81. The summed E-state index contributed by atoms with van der Waals surface area (Å²) >= 11 is 0. The standard InChI is InChI=1S/C18H15NO2/c1-13-6-8-15(9-7-13)19-18(20)11-10-16-12-14-4-2-3-5-17(14)21-16/h2-12H,1H3,(H,19,20)/b11-10+. The lowest BCUT2D eigenvalue weighted by molar-refractivity contribution is -0.111. The van der Waals surface area contributed by atoms with Gasteiger partial charge in [0.1, 0.15) is 11.3 Å². The third kappa shape index (κ3) is 3.20. The Kier molecular flexibility index (Phi) is 3.56. The number of amides is 1. The molecule has 3 aromatic rings. The molecule has 0 bridgehead atoms. The van der Waals surface area contributed by atoms with Crippen LogP contribution in [0.3, 0.4) is 0 Å². The molecule has 2 aromatic carbocycles. The smallest absolute Gasteiger partial charge is 0.248 e. The molecule has 0 radical (unpaired) electrons. The van der Waals surface area contributed by atoms with Gasteiger partial charge in [-0.1, -0.05) is 35.9 Å². The predicted molar refractivity (Wildman–Crippen MR) is 85.1 cm³/mol. The van der Waals surface area contributed by atoms with Gasteiger partial charge in [0.15, 0.2) is 0 Å². The average molecular weight is 277 g/mol. The molecule has 0 atom stereocenters. The Morgan fingerprint density at radius 1 is 1.10 bits per heavy atom. The number of rotatable bonds is 3. The van der Waals surface area contributed by atoms with E-state index in [0.29, 0.717) is 5.76 Å². The molecule has 1 aromatic heterocycles. The van der Waals surface area contributed by atoms with E-state index in [-0.39, 0.29) is 5.91 Å². The minimum absolute atomic E-state index is 0.181. The number of fused-ring (bicyclic) bond motifs is 1. The van der Waals surface area contributed by atoms with Gasteiger partial charge in [-0.3, -0.25) is 4.79 Å². The third-order valence-corrected chi connectivity index (χ3v) is 3.16. The van der Waals surface area contributed by atoms with Crippen molar-refractivity contribution < 1.29 is 9.21 Å². The maximum atomic E-state index is 11.8. The van der Waals surface area contributed by atoms with Crippen LogP contribution in [0.4, 0.5) is 5.69 Å². The monoisotopic (exact) mass is 277 g/mol. The molecule has 3 rings (SSSR count). The minimum atomic E-state index is -0.181. The summed E-state index contributed by atoms with van der Waals surface area (Å²) < 4.78 is 5.62. The zero-order valence-corrected chi connectivity index (χ0v) is 11.7. The summed E-state index contributed by atoms with van der Waals surface area (Å²) in [5, 5.41) is 3.83. The molecule has 0 saturated heterocycles. The number of hydrogen-bond donors (Lipinski definition) is 1. The molecule has 0 aliphatic heterocycles. The van der Waals surface area contributed by atoms with Crippen LogP contribution in [0.5, 0.6) is 0 Å². The molecule has 1 heterocycles. The van der Waals surface area contributed by atoms with Crippen LogP contribution in [-0.4, -0.2) is 5.91 Å². The minimum Gasteiger partial charge on any atom is -0.457 e. The summed E-state index contributed by atoms with van der Waals surface area (Å²) in [5.41, 5.74) is 2.75. The van der Waals surface area contributed by atoms with E-state index in [1.807, 2.05) is 61.5 Å². The zero-order valence-electron chi connectivity index (χ0n) is 11.7. The van der Waals surface area contributed by atoms with E-state index in [2.05, 4.69) is 5.32 Å². The van der Waals surface area contributed by atoms with Crippen LogP contribution in [0.2, 0.25) is 0 Å². The van der Waals surface area contributed by atoms with Crippen molar-refractivity contribution in [2.24, 2.45) is 0 Å². The maximum absolute atomic E-state index is 11.8. The molecule has 3 nitrogen and oxygen atoms in total. The highest BCUT2D eigenvalue weighted by Crippen LogP contribution is 2.19. The van der Waals surface area contributed by atoms with Crippen molar-refractivity contribution in [1.29, 1.82) is 0 Å². The quantitative estimate of drug-likeness (QED) is 0.721. The van der Waals surface area contributed by atoms with Crippen molar-refractivity contribution in [2.45, 2.75) is 6.92 Å². The van der Waals surface area contributed by atoms with Gasteiger partial charge in [-0.2, -0.15) is 0 Å². The fourth-order valence-electron chi connectivity index (χ4n) is 2.06. The highest BCUT2D eigenvalue weighted by Gasteiger charge is 2.01. The molecular formula is C18H15NO2. The fraction of sp³-hybridized carbons (Fsp3) is 0.0556. The van der Waals surface area contributed by atoms with Crippen LogP contribution in [-0.2, 0) is 4.79 Å². The van der Waals surface area contributed by atoms with Crippen LogP contribution in [0.15, 0.2) is 65.1 Å². The van der Waals surface area contributed by atoms with Gasteiger partial charge in [0, 0.05) is 17.1 Å². The predicted octanol–water partition coefficient (Wildman–Crippen LogP) is 4.39. The number of nitrogens with one attached hydrogen (secondary N) is 1. The number of benzene rings is 2. The third-order valence-electron chi connectivity index (χ3n) is 3.16. The summed E-state index contributed by atoms with van der Waals surface area (Å²) in [6.45, 7) is 2.01. The first-order valence-corrected chi connectivity index (χ1v) is 6.75. The van der Waals surface area contributed by atoms with Crippen LogP contribution in [0.25, 0.3) is 17.0 Å². The van der Waals surface area contributed by atoms with Crippen molar-refractivity contribution in [1.82, 2.24) is 0 Å². The van der Waals surface area contributed by atoms with E-state index in [0.717, 1.165) is 22.2 Å². The van der Waals surface area contributed by atoms with E-state index >= 15 is 0 Å². The molecular weight excluding hydrogens is 262 g/mol. The molecule has 0 unspecified atom stereocenters. The highest BCUT2D eigenvalue weighted by molar-refractivity contribution is 6.02. The van der Waals surface area contributed by atoms with Crippen molar-refractivity contribution in [2.75, 3.05) is 5.32 Å². The second-order valence-electron chi connectivity index (χ2n) is 4.88. The summed E-state index contributed by atoms with van der Waals surface area (Å²) in [6, 6.07) is 17.3. The number of aryl methyl sites for hydroxylation is 1. The first-order chi connectivity index (χ1) is 10.2. The lowest BCUT2D eigenvalue weighted by atomic mass is 10.2. The molecule has 21 heavy (non-hydrogen) atoms. The highest BCUT2D eigenvalue weighted by atomic mass is 16.3. The van der Waals surface area contributed by atoms with Crippen molar-refractivity contribution >= 4 is 28.6 Å². The average Bonchev–Trinajstić information content (AvgIpc) is 2.90. The number of anilines is 1. The van der Waals surface area contributed by atoms with E-state index in [4.69, 9.17) is 4.42 Å². The molecule has 0 aliphatic rings. The Balaban J connectivity index is 1.70. The fourth-order valence-corrected chi connectivity index (χ4v) is 2.06. The Morgan fingerprint density at radius 2 is 1.86 bits per heavy atom. The molecule has 0 spiro atoms. The van der Waals surface area contributed by atoms with E-state index in [1.54, 1.807) is 6.08 Å². The van der Waals surface area contributed by atoms with Crippen LogP contribution < -0.4 is 5.32 Å². The maximum Gasteiger partial charge on any atom is 0.248 e. The van der Waals surface area contributed by atoms with Gasteiger partial charge in [0.25, 0.3) is 0 Å². The first-order valence-electron chi connectivity index (χ1n) is 6.75. The molecule has 0 aliphatic carbocycles. The second kappa shape index (κ2) is 5.67. The number of para-hydroxylation sites is 1. The van der Waals surface area contributed by atoms with Crippen molar-refractivity contribution in [3.8, 4) is 0 Å². The summed E-state index contributed by atoms with van der Waals surface area (Å²) in [5.74, 6) is 0.481. The van der Waals surface area contributed by atoms with Gasteiger partial charge in [-0.15, -0.1) is 0 Å². The number of carbonyl (C=O) groups is 1. The van der Waals surface area contributed by atoms with Gasteiger partial charge < -0.3 is 9.73 Å². The Labute approximate surface area is 122 Å².